The Bertz CT molecular complexity index is 938. The molecule has 0 bridgehead atoms. The van der Waals surface area contributed by atoms with Gasteiger partial charge in [0.25, 0.3) is 5.69 Å². The lowest BCUT2D eigenvalue weighted by atomic mass is 10.2. The van der Waals surface area contributed by atoms with Gasteiger partial charge in [-0.05, 0) is 49.3 Å². The zero-order valence-electron chi connectivity index (χ0n) is 13.8. The van der Waals surface area contributed by atoms with Gasteiger partial charge < -0.3 is 10.2 Å². The molecule has 0 amide bonds. The summed E-state index contributed by atoms with van der Waals surface area (Å²) in [5.41, 5.74) is 1.83. The Morgan fingerprint density at radius 2 is 2.04 bits per heavy atom. The fourth-order valence-electron chi connectivity index (χ4n) is 3.16. The SMILES string of the molecule is O=[N+]([O-])c1ccc(NC(=S)N2CCC[C@@H]2c2nc3ccccc3s2)cc1. The van der Waals surface area contributed by atoms with E-state index in [1.807, 2.05) is 18.2 Å². The zero-order valence-corrected chi connectivity index (χ0v) is 15.4. The van der Waals surface area contributed by atoms with E-state index in [2.05, 4.69) is 16.3 Å². The first kappa shape index (κ1) is 16.9. The smallest absolute Gasteiger partial charge is 0.269 e. The number of nitrogens with one attached hydrogen (secondary N) is 1. The van der Waals surface area contributed by atoms with Crippen LogP contribution in [0, 0.1) is 10.1 Å². The standard InChI is InChI=1S/C18H16N4O2S2/c23-22(24)13-9-7-12(8-10-13)19-18(25)21-11-3-5-15(21)17-20-14-4-1-2-6-16(14)26-17/h1-2,4,6-10,15H,3,5,11H2,(H,19,25)/t15-/m1/s1. The third kappa shape index (κ3) is 3.25. The molecule has 1 aromatic heterocycles. The van der Waals surface area contributed by atoms with Crippen LogP contribution in [0.25, 0.3) is 10.2 Å². The summed E-state index contributed by atoms with van der Waals surface area (Å²) in [5.74, 6) is 0. The normalized spacial score (nSPS) is 16.8. The van der Waals surface area contributed by atoms with Crippen LogP contribution in [0.4, 0.5) is 11.4 Å². The summed E-state index contributed by atoms with van der Waals surface area (Å²) in [7, 11) is 0. The maximum Gasteiger partial charge on any atom is 0.269 e. The number of benzene rings is 2. The van der Waals surface area contributed by atoms with Crippen molar-refractivity contribution in [2.24, 2.45) is 0 Å². The molecule has 4 rings (SSSR count). The number of fused-ring (bicyclic) bond motifs is 1. The van der Waals surface area contributed by atoms with E-state index in [1.54, 1.807) is 23.5 Å². The van der Waals surface area contributed by atoms with Crippen molar-refractivity contribution in [3.63, 3.8) is 0 Å². The predicted molar refractivity (Wildman–Crippen MR) is 108 cm³/mol. The highest BCUT2D eigenvalue weighted by atomic mass is 32.1. The summed E-state index contributed by atoms with van der Waals surface area (Å²) in [6.07, 6.45) is 2.07. The van der Waals surface area contributed by atoms with Gasteiger partial charge in [0, 0.05) is 24.4 Å². The molecule has 2 heterocycles. The number of para-hydroxylation sites is 1. The number of hydrogen-bond donors (Lipinski definition) is 1. The van der Waals surface area contributed by atoms with Crippen LogP contribution >= 0.6 is 23.6 Å². The molecule has 2 aromatic carbocycles. The highest BCUT2D eigenvalue weighted by Crippen LogP contribution is 2.36. The second-order valence-electron chi connectivity index (χ2n) is 6.11. The molecule has 0 saturated carbocycles. The van der Waals surface area contributed by atoms with Crippen molar-refractivity contribution in [1.29, 1.82) is 0 Å². The van der Waals surface area contributed by atoms with Crippen LogP contribution in [-0.4, -0.2) is 26.5 Å². The van der Waals surface area contributed by atoms with Crippen LogP contribution in [0.2, 0.25) is 0 Å². The van der Waals surface area contributed by atoms with E-state index < -0.39 is 4.92 Å². The highest BCUT2D eigenvalue weighted by Gasteiger charge is 2.30. The number of thiazole rings is 1. The number of likely N-dealkylation sites (tertiary alicyclic amines) is 1. The van der Waals surface area contributed by atoms with Crippen LogP contribution in [-0.2, 0) is 0 Å². The Kier molecular flexibility index (Phi) is 4.52. The topological polar surface area (TPSA) is 71.3 Å². The molecule has 0 radical (unpaired) electrons. The summed E-state index contributed by atoms with van der Waals surface area (Å²) in [6, 6.07) is 14.6. The van der Waals surface area contributed by atoms with Crippen molar-refractivity contribution < 1.29 is 4.92 Å². The molecule has 132 valence electrons. The molecule has 8 heteroatoms. The van der Waals surface area contributed by atoms with Gasteiger partial charge >= 0.3 is 0 Å². The van der Waals surface area contributed by atoms with Crippen molar-refractivity contribution in [3.8, 4) is 0 Å². The molecule has 1 atom stereocenters. The van der Waals surface area contributed by atoms with Gasteiger partial charge in [0.2, 0.25) is 0 Å². The van der Waals surface area contributed by atoms with E-state index >= 15 is 0 Å². The van der Waals surface area contributed by atoms with Crippen molar-refractivity contribution in [2.45, 2.75) is 18.9 Å². The average molecular weight is 384 g/mol. The van der Waals surface area contributed by atoms with E-state index in [1.165, 1.54) is 16.8 Å². The van der Waals surface area contributed by atoms with Crippen molar-refractivity contribution in [2.75, 3.05) is 11.9 Å². The van der Waals surface area contributed by atoms with Crippen molar-refractivity contribution in [1.82, 2.24) is 9.88 Å². The summed E-state index contributed by atoms with van der Waals surface area (Å²) < 4.78 is 1.18. The van der Waals surface area contributed by atoms with Gasteiger partial charge in [-0.15, -0.1) is 11.3 Å². The molecule has 3 aromatic rings. The molecule has 26 heavy (non-hydrogen) atoms. The summed E-state index contributed by atoms with van der Waals surface area (Å²) in [4.78, 5) is 17.3. The third-order valence-corrected chi connectivity index (χ3v) is 5.91. The maximum absolute atomic E-state index is 10.8. The van der Waals surface area contributed by atoms with Crippen LogP contribution < -0.4 is 5.32 Å². The van der Waals surface area contributed by atoms with Crippen molar-refractivity contribution in [3.05, 3.63) is 63.7 Å². The van der Waals surface area contributed by atoms with Gasteiger partial charge in [-0.25, -0.2) is 4.98 Å². The first-order chi connectivity index (χ1) is 12.6. The summed E-state index contributed by atoms with van der Waals surface area (Å²) >= 11 is 7.31. The Morgan fingerprint density at radius 1 is 1.27 bits per heavy atom. The minimum absolute atomic E-state index is 0.0648. The summed E-state index contributed by atoms with van der Waals surface area (Å²) in [6.45, 7) is 0.874. The highest BCUT2D eigenvalue weighted by molar-refractivity contribution is 7.80. The second-order valence-corrected chi connectivity index (χ2v) is 7.55. The van der Waals surface area contributed by atoms with E-state index in [0.717, 1.165) is 35.6 Å². The quantitative estimate of drug-likeness (QED) is 0.400. The Morgan fingerprint density at radius 3 is 2.77 bits per heavy atom. The number of nitro benzene ring substituents is 1. The van der Waals surface area contributed by atoms with E-state index in [4.69, 9.17) is 17.2 Å². The zero-order chi connectivity index (χ0) is 18.1. The Balaban J connectivity index is 1.52. The number of nitrogens with zero attached hydrogens (tertiary/aromatic N) is 3. The number of non-ortho nitro benzene ring substituents is 1. The van der Waals surface area contributed by atoms with Crippen molar-refractivity contribution >= 4 is 50.3 Å². The van der Waals surface area contributed by atoms with E-state index in [0.29, 0.717) is 5.11 Å². The predicted octanol–water partition coefficient (Wildman–Crippen LogP) is 4.74. The number of thiocarbonyl (C=S) groups is 1. The van der Waals surface area contributed by atoms with Gasteiger partial charge in [-0.2, -0.15) is 0 Å². The molecule has 1 aliphatic heterocycles. The number of aromatic nitrogens is 1. The average Bonchev–Trinajstić information content (AvgIpc) is 3.28. The molecule has 0 aliphatic carbocycles. The number of nitro groups is 1. The van der Waals surface area contributed by atoms with Crippen LogP contribution in [0.1, 0.15) is 23.9 Å². The molecule has 1 N–H and O–H groups in total. The van der Waals surface area contributed by atoms with Crippen LogP contribution in [0.5, 0.6) is 0 Å². The molecule has 1 aliphatic rings. The molecular weight excluding hydrogens is 368 g/mol. The van der Waals surface area contributed by atoms with Gasteiger partial charge in [0.15, 0.2) is 5.11 Å². The minimum atomic E-state index is -0.411. The number of rotatable bonds is 3. The van der Waals surface area contributed by atoms with Gasteiger partial charge in [0.1, 0.15) is 5.01 Å². The first-order valence-electron chi connectivity index (χ1n) is 8.29. The molecule has 0 spiro atoms. The number of hydrogen-bond acceptors (Lipinski definition) is 5. The maximum atomic E-state index is 10.8. The lowest BCUT2D eigenvalue weighted by Gasteiger charge is -2.26. The van der Waals surface area contributed by atoms with Gasteiger partial charge in [-0.3, -0.25) is 10.1 Å². The largest absolute Gasteiger partial charge is 0.340 e. The molecule has 6 nitrogen and oxygen atoms in total. The lowest BCUT2D eigenvalue weighted by molar-refractivity contribution is -0.384. The van der Waals surface area contributed by atoms with Crippen LogP contribution in [0.15, 0.2) is 48.5 Å². The lowest BCUT2D eigenvalue weighted by Crippen LogP contribution is -2.34. The fraction of sp³-hybridized carbons (Fsp3) is 0.222. The Hall–Kier alpha value is -2.58. The van der Waals surface area contributed by atoms with E-state index in [-0.39, 0.29) is 11.7 Å². The first-order valence-corrected chi connectivity index (χ1v) is 9.52. The minimum Gasteiger partial charge on any atom is -0.340 e. The second kappa shape index (κ2) is 6.97. The van der Waals surface area contributed by atoms with E-state index in [9.17, 15) is 10.1 Å². The van der Waals surface area contributed by atoms with Gasteiger partial charge in [0.05, 0.1) is 21.2 Å². The third-order valence-electron chi connectivity index (χ3n) is 4.44. The fourth-order valence-corrected chi connectivity index (χ4v) is 4.61. The molecular formula is C18H16N4O2S2. The molecule has 1 fully saturated rings. The van der Waals surface area contributed by atoms with Crippen LogP contribution in [0.3, 0.4) is 0 Å². The van der Waals surface area contributed by atoms with Gasteiger partial charge in [-0.1, -0.05) is 12.1 Å². The number of anilines is 1. The summed E-state index contributed by atoms with van der Waals surface area (Å²) in [5, 5.41) is 15.7. The molecule has 1 saturated heterocycles. The monoisotopic (exact) mass is 384 g/mol. The Labute approximate surface area is 159 Å². The molecule has 0 unspecified atom stereocenters.